The number of Topliss-reactive ketones (excluding diaryl/α,β-unsaturated/α-hetero) is 1. The molecule has 10 nitrogen and oxygen atoms in total. The van der Waals surface area contributed by atoms with Gasteiger partial charge >= 0.3 is 18.1 Å². The van der Waals surface area contributed by atoms with Crippen LogP contribution in [0.3, 0.4) is 0 Å². The Balaban J connectivity index is 1.71. The first-order valence-electron chi connectivity index (χ1n) is 13.8. The molecule has 0 spiro atoms. The van der Waals surface area contributed by atoms with Crippen molar-refractivity contribution in [2.24, 2.45) is 0 Å². The Kier molecular flexibility index (Phi) is 9.62. The number of nitrogens with one attached hydrogen (secondary N) is 2. The molecule has 44 heavy (non-hydrogen) atoms. The molecule has 234 valence electrons. The van der Waals surface area contributed by atoms with E-state index in [0.29, 0.717) is 21.6 Å². The average molecular weight is 633 g/mol. The molecule has 14 heteroatoms. The number of carbonyl (C=O) groups is 3. The smallest absolute Gasteiger partial charge is 0.464 e. The number of fused-ring (bicyclic) bond motifs is 1. The number of ketones is 1. The maximum atomic E-state index is 14.3. The molecule has 2 heterocycles. The van der Waals surface area contributed by atoms with Gasteiger partial charge < -0.3 is 9.64 Å². The molecule has 1 amide bonds. The molecule has 0 unspecified atom stereocenters. The Morgan fingerprint density at radius 1 is 1.18 bits per heavy atom. The first kappa shape index (κ1) is 32.8. The summed E-state index contributed by atoms with van der Waals surface area (Å²) < 4.78 is 74.3. The van der Waals surface area contributed by atoms with Crippen LogP contribution >= 0.6 is 0 Å². The zero-order chi connectivity index (χ0) is 32.3. The van der Waals surface area contributed by atoms with Crippen molar-refractivity contribution in [1.29, 1.82) is 5.26 Å². The molecule has 2 aromatic rings. The molecule has 0 aromatic heterocycles. The summed E-state index contributed by atoms with van der Waals surface area (Å²) in [4.78, 5) is 39.6. The number of rotatable bonds is 9. The highest BCUT2D eigenvalue weighted by Crippen LogP contribution is 2.29. The maximum absolute atomic E-state index is 14.3. The summed E-state index contributed by atoms with van der Waals surface area (Å²) in [6, 6.07) is 10.6. The van der Waals surface area contributed by atoms with Crippen LogP contribution in [0, 0.1) is 11.3 Å². The van der Waals surface area contributed by atoms with E-state index in [1.807, 2.05) is 6.07 Å². The van der Waals surface area contributed by atoms with E-state index in [1.54, 1.807) is 38.1 Å². The lowest BCUT2D eigenvalue weighted by atomic mass is 9.80. The molecule has 0 fully saturated rings. The van der Waals surface area contributed by atoms with E-state index in [0.717, 1.165) is 0 Å². The molecule has 2 N–H and O–H groups in total. The van der Waals surface area contributed by atoms with E-state index < -0.39 is 52.0 Å². The first-order valence-corrected chi connectivity index (χ1v) is 15.3. The van der Waals surface area contributed by atoms with Crippen molar-refractivity contribution in [1.82, 2.24) is 14.9 Å². The van der Waals surface area contributed by atoms with Crippen LogP contribution in [0.15, 0.2) is 59.0 Å². The highest BCUT2D eigenvalue weighted by Gasteiger charge is 2.51. The van der Waals surface area contributed by atoms with E-state index in [-0.39, 0.29) is 55.0 Å². The van der Waals surface area contributed by atoms with Gasteiger partial charge in [0, 0.05) is 26.1 Å². The summed E-state index contributed by atoms with van der Waals surface area (Å²) in [6.45, 7) is 2.82. The van der Waals surface area contributed by atoms with Gasteiger partial charge in [-0.25, -0.2) is 17.9 Å². The van der Waals surface area contributed by atoms with Crippen LogP contribution in [-0.4, -0.2) is 68.4 Å². The van der Waals surface area contributed by atoms with Crippen molar-refractivity contribution in [3.05, 3.63) is 76.4 Å². The number of hydrogen-bond donors (Lipinski definition) is 2. The zero-order valence-corrected chi connectivity index (χ0v) is 24.8. The van der Waals surface area contributed by atoms with Crippen LogP contribution in [-0.2, 0) is 48.5 Å². The lowest BCUT2D eigenvalue weighted by molar-refractivity contribution is -0.186. The summed E-state index contributed by atoms with van der Waals surface area (Å²) in [5.41, 5.74) is 0.345. The molecule has 4 rings (SSSR count). The first-order chi connectivity index (χ1) is 20.7. The number of carbonyl (C=O) groups excluding carboxylic acids is 3. The number of halogens is 3. The van der Waals surface area contributed by atoms with E-state index in [1.165, 1.54) is 24.3 Å². The minimum absolute atomic E-state index is 0.0259. The van der Waals surface area contributed by atoms with Crippen LogP contribution in [0.25, 0.3) is 0 Å². The molecule has 0 saturated heterocycles. The number of benzene rings is 2. The molecular weight excluding hydrogens is 601 g/mol. The van der Waals surface area contributed by atoms with Crippen LogP contribution < -0.4 is 10.0 Å². The van der Waals surface area contributed by atoms with Gasteiger partial charge in [0.05, 0.1) is 29.2 Å². The summed E-state index contributed by atoms with van der Waals surface area (Å²) in [7, 11) is -4.51. The third kappa shape index (κ3) is 7.01. The molecular formula is C30H31F3N4O6S. The van der Waals surface area contributed by atoms with Gasteiger partial charge in [-0.3, -0.25) is 14.9 Å². The van der Waals surface area contributed by atoms with E-state index in [2.05, 4.69) is 10.0 Å². The molecule has 2 atom stereocenters. The molecule has 0 radical (unpaired) electrons. The molecule has 0 aliphatic carbocycles. The Morgan fingerprint density at radius 3 is 2.59 bits per heavy atom. The summed E-state index contributed by atoms with van der Waals surface area (Å²) in [5.74, 6) is -3.68. The standard InChI is InChI=1S/C30H31F3N4O6S/c1-3-43-28(40)29(16-19(2)9-11-35-29)26(38)25(14-20-5-4-6-21(13-20)17-34)36-44(41,42)24-8-7-22-10-12-37(18-23(22)15-24)27(39)30(31,32)33/h4-9,13,15,25,35-36H,3,10-12,14,16,18H2,1-2H3/t25-,29+/m0/s1. The average Bonchev–Trinajstić information content (AvgIpc) is 2.99. The van der Waals surface area contributed by atoms with E-state index >= 15 is 0 Å². The maximum Gasteiger partial charge on any atom is 0.471 e. The summed E-state index contributed by atoms with van der Waals surface area (Å²) in [6.07, 6.45) is -3.47. The number of nitrogens with zero attached hydrogens (tertiary/aromatic N) is 2. The normalized spacial score (nSPS) is 19.3. The number of amides is 1. The fraction of sp³-hybridized carbons (Fsp3) is 0.400. The highest BCUT2D eigenvalue weighted by atomic mass is 32.2. The third-order valence-electron chi connectivity index (χ3n) is 7.58. The fourth-order valence-electron chi connectivity index (χ4n) is 5.42. The molecule has 0 saturated carbocycles. The van der Waals surface area contributed by atoms with Crippen LogP contribution in [0.2, 0.25) is 0 Å². The summed E-state index contributed by atoms with van der Waals surface area (Å²) >= 11 is 0. The third-order valence-corrected chi connectivity index (χ3v) is 9.05. The lowest BCUT2D eigenvalue weighted by Crippen LogP contribution is -2.65. The number of ether oxygens (including phenoxy) is 1. The zero-order valence-electron chi connectivity index (χ0n) is 24.0. The predicted octanol–water partition coefficient (Wildman–Crippen LogP) is 2.71. The number of nitriles is 1. The fourth-order valence-corrected chi connectivity index (χ4v) is 6.67. The second-order valence-electron chi connectivity index (χ2n) is 10.7. The van der Waals surface area contributed by atoms with Crippen molar-refractivity contribution in [3.63, 3.8) is 0 Å². The number of hydrogen-bond acceptors (Lipinski definition) is 8. The quantitative estimate of drug-likeness (QED) is 0.244. The van der Waals surface area contributed by atoms with Gasteiger partial charge in [-0.15, -0.1) is 0 Å². The lowest BCUT2D eigenvalue weighted by Gasteiger charge is -2.36. The van der Waals surface area contributed by atoms with Gasteiger partial charge in [0.25, 0.3) is 0 Å². The van der Waals surface area contributed by atoms with Crippen molar-refractivity contribution in [2.45, 2.75) is 62.3 Å². The molecule has 2 aliphatic heterocycles. The van der Waals surface area contributed by atoms with Crippen molar-refractivity contribution in [3.8, 4) is 6.07 Å². The number of alkyl halides is 3. The number of sulfonamides is 1. The Labute approximate surface area is 252 Å². The van der Waals surface area contributed by atoms with Crippen LogP contribution in [0.1, 0.15) is 42.5 Å². The Morgan fingerprint density at radius 2 is 1.93 bits per heavy atom. The van der Waals surface area contributed by atoms with Gasteiger partial charge in [-0.05, 0) is 67.6 Å². The van der Waals surface area contributed by atoms with Gasteiger partial charge in [0.1, 0.15) is 0 Å². The molecule has 0 bridgehead atoms. The second-order valence-corrected chi connectivity index (χ2v) is 12.4. The molecule has 2 aromatic carbocycles. The van der Waals surface area contributed by atoms with Crippen LogP contribution in [0.4, 0.5) is 13.2 Å². The Hall–Kier alpha value is -4.06. The molecule has 2 aliphatic rings. The minimum Gasteiger partial charge on any atom is -0.464 e. The predicted molar refractivity (Wildman–Crippen MR) is 151 cm³/mol. The SMILES string of the molecule is CCOC(=O)[C@]1(C(=O)[C@H](Cc2cccc(C#N)c2)NS(=O)(=O)c2ccc3c(c2)CN(C(=O)C(F)(F)F)CC3)CC(C)=CCN1. The Bertz CT molecular complexity index is 1650. The topological polar surface area (TPSA) is 146 Å². The second kappa shape index (κ2) is 12.9. The minimum atomic E-state index is -5.07. The largest absolute Gasteiger partial charge is 0.471 e. The van der Waals surface area contributed by atoms with Gasteiger partial charge in [0.2, 0.25) is 10.0 Å². The van der Waals surface area contributed by atoms with E-state index in [4.69, 9.17) is 4.74 Å². The number of esters is 1. The van der Waals surface area contributed by atoms with Crippen LogP contribution in [0.5, 0.6) is 0 Å². The monoisotopic (exact) mass is 632 g/mol. The van der Waals surface area contributed by atoms with Gasteiger partial charge in [-0.1, -0.05) is 29.8 Å². The summed E-state index contributed by atoms with van der Waals surface area (Å²) in [5, 5.41) is 12.3. The van der Waals surface area contributed by atoms with Crippen molar-refractivity contribution < 1.29 is 40.7 Å². The highest BCUT2D eigenvalue weighted by molar-refractivity contribution is 7.89. The van der Waals surface area contributed by atoms with Gasteiger partial charge in [-0.2, -0.15) is 18.4 Å². The van der Waals surface area contributed by atoms with Crippen molar-refractivity contribution >= 4 is 27.7 Å². The van der Waals surface area contributed by atoms with Gasteiger partial charge in [0.15, 0.2) is 11.3 Å². The van der Waals surface area contributed by atoms with E-state index in [9.17, 15) is 41.2 Å². The van der Waals surface area contributed by atoms with Crippen molar-refractivity contribution in [2.75, 3.05) is 19.7 Å².